The molecular weight excluding hydrogens is 298 g/mol. The van der Waals surface area contributed by atoms with Crippen molar-refractivity contribution in [3.8, 4) is 0 Å². The van der Waals surface area contributed by atoms with Gasteiger partial charge in [0.15, 0.2) is 5.96 Å². The van der Waals surface area contributed by atoms with Gasteiger partial charge in [0.1, 0.15) is 0 Å². The quantitative estimate of drug-likeness (QED) is 0.574. The number of hydrogen-bond donors (Lipinski definition) is 3. The summed E-state index contributed by atoms with van der Waals surface area (Å²) in [5.74, 6) is 0.889. The second kappa shape index (κ2) is 8.52. The van der Waals surface area contributed by atoms with Gasteiger partial charge in [0.25, 0.3) is 0 Å². The van der Waals surface area contributed by atoms with E-state index in [0.717, 1.165) is 44.7 Å². The van der Waals surface area contributed by atoms with Crippen molar-refractivity contribution in [1.29, 1.82) is 0 Å². The lowest BCUT2D eigenvalue weighted by Crippen LogP contribution is -2.45. The molecule has 0 radical (unpaired) electrons. The Morgan fingerprint density at radius 1 is 1.25 bits per heavy atom. The first-order valence-electron chi connectivity index (χ1n) is 9.21. The molecule has 1 aromatic rings. The summed E-state index contributed by atoms with van der Waals surface area (Å²) in [5, 5.41) is 16.5. The molecule has 0 heterocycles. The molecule has 1 aliphatic rings. The summed E-state index contributed by atoms with van der Waals surface area (Å²) in [6, 6.07) is 9.09. The number of hydrogen-bond acceptors (Lipinski definition) is 2. The first-order chi connectivity index (χ1) is 11.4. The molecule has 0 unspecified atom stereocenters. The van der Waals surface area contributed by atoms with Crippen LogP contribution in [0, 0.1) is 6.92 Å². The van der Waals surface area contributed by atoms with E-state index in [0.29, 0.717) is 6.04 Å². The predicted octanol–water partition coefficient (Wildman–Crippen LogP) is 3.13. The topological polar surface area (TPSA) is 56.7 Å². The first kappa shape index (κ1) is 18.8. The summed E-state index contributed by atoms with van der Waals surface area (Å²) >= 11 is 0. The van der Waals surface area contributed by atoms with E-state index in [1.807, 2.05) is 0 Å². The van der Waals surface area contributed by atoms with Gasteiger partial charge in [-0.05, 0) is 45.1 Å². The van der Waals surface area contributed by atoms with Crippen LogP contribution in [0.2, 0.25) is 0 Å². The number of aliphatic imine (C=N–C) groups is 1. The monoisotopic (exact) mass is 331 g/mol. The van der Waals surface area contributed by atoms with Crippen LogP contribution in [0.1, 0.15) is 57.6 Å². The molecule has 2 rings (SSSR count). The molecule has 0 amide bonds. The van der Waals surface area contributed by atoms with Crippen LogP contribution in [-0.2, 0) is 5.41 Å². The summed E-state index contributed by atoms with van der Waals surface area (Å²) < 4.78 is 0. The van der Waals surface area contributed by atoms with Gasteiger partial charge in [-0.2, -0.15) is 0 Å². The first-order valence-corrected chi connectivity index (χ1v) is 9.21. The normalized spacial score (nSPS) is 22.3. The molecule has 0 atom stereocenters. The molecule has 1 fully saturated rings. The Bertz CT molecular complexity index is 546. The van der Waals surface area contributed by atoms with Crippen molar-refractivity contribution in [2.75, 3.05) is 13.1 Å². The van der Waals surface area contributed by atoms with E-state index < -0.39 is 0 Å². The third kappa shape index (κ3) is 5.52. The minimum atomic E-state index is -0.122. The van der Waals surface area contributed by atoms with Gasteiger partial charge in [-0.1, -0.05) is 43.7 Å². The van der Waals surface area contributed by atoms with Gasteiger partial charge in [-0.25, -0.2) is 0 Å². The Kier molecular flexibility index (Phi) is 6.67. The average molecular weight is 332 g/mol. The molecule has 0 spiro atoms. The Balaban J connectivity index is 2.01. The Hall–Kier alpha value is -1.55. The zero-order valence-electron chi connectivity index (χ0n) is 15.6. The summed E-state index contributed by atoms with van der Waals surface area (Å²) in [6.07, 6.45) is 3.65. The molecule has 4 heteroatoms. The second-order valence-electron chi connectivity index (χ2n) is 7.60. The van der Waals surface area contributed by atoms with Gasteiger partial charge in [0.2, 0.25) is 0 Å². The van der Waals surface area contributed by atoms with E-state index in [2.05, 4.69) is 62.6 Å². The zero-order valence-corrected chi connectivity index (χ0v) is 15.6. The van der Waals surface area contributed by atoms with Gasteiger partial charge in [-0.3, -0.25) is 4.99 Å². The smallest absolute Gasteiger partial charge is 0.191 e. The molecule has 1 aliphatic carbocycles. The zero-order chi connectivity index (χ0) is 17.6. The molecule has 0 saturated heterocycles. The molecule has 1 aromatic carbocycles. The minimum absolute atomic E-state index is 0.00285. The number of guanidine groups is 1. The standard InChI is InChI=1S/C20H33N3O/c1-5-21-19(23-17-9-11-18(24)12-10-17)22-14-20(3,4)16-8-6-7-15(2)13-16/h6-8,13,17-18,24H,5,9-12,14H2,1-4H3,(H2,21,22,23). The van der Waals surface area contributed by atoms with E-state index in [4.69, 9.17) is 4.99 Å². The lowest BCUT2D eigenvalue weighted by Gasteiger charge is -2.29. The van der Waals surface area contributed by atoms with Crippen molar-refractivity contribution in [3.63, 3.8) is 0 Å². The van der Waals surface area contributed by atoms with E-state index in [-0.39, 0.29) is 11.5 Å². The van der Waals surface area contributed by atoms with Crippen LogP contribution < -0.4 is 10.6 Å². The highest BCUT2D eigenvalue weighted by atomic mass is 16.3. The maximum absolute atomic E-state index is 9.65. The Labute approximate surface area is 146 Å². The molecule has 0 bridgehead atoms. The van der Waals surface area contributed by atoms with Gasteiger partial charge in [0.05, 0.1) is 12.6 Å². The van der Waals surface area contributed by atoms with Crippen LogP contribution in [0.4, 0.5) is 0 Å². The maximum atomic E-state index is 9.65. The molecule has 0 aromatic heterocycles. The number of rotatable bonds is 5. The maximum Gasteiger partial charge on any atom is 0.191 e. The fourth-order valence-electron chi connectivity index (χ4n) is 3.17. The van der Waals surface area contributed by atoms with Crippen LogP contribution in [0.25, 0.3) is 0 Å². The van der Waals surface area contributed by atoms with Crippen LogP contribution in [-0.4, -0.2) is 36.3 Å². The fourth-order valence-corrected chi connectivity index (χ4v) is 3.17. The van der Waals surface area contributed by atoms with Crippen LogP contribution in [0.5, 0.6) is 0 Å². The summed E-state index contributed by atoms with van der Waals surface area (Å²) in [6.45, 7) is 10.3. The average Bonchev–Trinajstić information content (AvgIpc) is 2.55. The van der Waals surface area contributed by atoms with Crippen LogP contribution in [0.3, 0.4) is 0 Å². The van der Waals surface area contributed by atoms with Crippen LogP contribution >= 0.6 is 0 Å². The molecular formula is C20H33N3O. The lowest BCUT2D eigenvalue weighted by atomic mass is 9.84. The van der Waals surface area contributed by atoms with E-state index >= 15 is 0 Å². The van der Waals surface area contributed by atoms with Gasteiger partial charge >= 0.3 is 0 Å². The van der Waals surface area contributed by atoms with Crippen molar-refractivity contribution < 1.29 is 5.11 Å². The third-order valence-electron chi connectivity index (χ3n) is 4.81. The molecule has 24 heavy (non-hydrogen) atoms. The van der Waals surface area contributed by atoms with Crippen molar-refractivity contribution in [1.82, 2.24) is 10.6 Å². The molecule has 3 N–H and O–H groups in total. The Morgan fingerprint density at radius 2 is 1.96 bits per heavy atom. The van der Waals surface area contributed by atoms with Crippen molar-refractivity contribution >= 4 is 5.96 Å². The highest BCUT2D eigenvalue weighted by molar-refractivity contribution is 5.80. The number of aliphatic hydroxyl groups excluding tert-OH is 1. The van der Waals surface area contributed by atoms with E-state index in [1.54, 1.807) is 0 Å². The fraction of sp³-hybridized carbons (Fsp3) is 0.650. The van der Waals surface area contributed by atoms with E-state index in [9.17, 15) is 5.11 Å². The highest BCUT2D eigenvalue weighted by Gasteiger charge is 2.22. The highest BCUT2D eigenvalue weighted by Crippen LogP contribution is 2.24. The molecule has 0 aliphatic heterocycles. The van der Waals surface area contributed by atoms with E-state index in [1.165, 1.54) is 11.1 Å². The van der Waals surface area contributed by atoms with Gasteiger partial charge in [0, 0.05) is 18.0 Å². The SMILES string of the molecule is CCNC(=NCC(C)(C)c1cccc(C)c1)NC1CCC(O)CC1. The number of nitrogens with one attached hydrogen (secondary N) is 2. The number of aliphatic hydroxyl groups is 1. The Morgan fingerprint density at radius 3 is 2.58 bits per heavy atom. The second-order valence-corrected chi connectivity index (χ2v) is 7.60. The number of aryl methyl sites for hydroxylation is 1. The minimum Gasteiger partial charge on any atom is -0.393 e. The van der Waals surface area contributed by atoms with Gasteiger partial charge in [-0.15, -0.1) is 0 Å². The van der Waals surface area contributed by atoms with Crippen molar-refractivity contribution in [3.05, 3.63) is 35.4 Å². The number of benzene rings is 1. The molecule has 134 valence electrons. The van der Waals surface area contributed by atoms with Crippen molar-refractivity contribution in [2.45, 2.75) is 70.9 Å². The summed E-state index contributed by atoms with van der Waals surface area (Å²) in [4.78, 5) is 4.84. The number of nitrogens with zero attached hydrogens (tertiary/aromatic N) is 1. The van der Waals surface area contributed by atoms with Crippen LogP contribution in [0.15, 0.2) is 29.3 Å². The summed E-state index contributed by atoms with van der Waals surface area (Å²) in [5.41, 5.74) is 2.61. The van der Waals surface area contributed by atoms with Gasteiger partial charge < -0.3 is 15.7 Å². The predicted molar refractivity (Wildman–Crippen MR) is 102 cm³/mol. The lowest BCUT2D eigenvalue weighted by molar-refractivity contribution is 0.120. The summed E-state index contributed by atoms with van der Waals surface area (Å²) in [7, 11) is 0. The molecule has 4 nitrogen and oxygen atoms in total. The third-order valence-corrected chi connectivity index (χ3v) is 4.81. The largest absolute Gasteiger partial charge is 0.393 e. The molecule has 1 saturated carbocycles. The van der Waals surface area contributed by atoms with Crippen molar-refractivity contribution in [2.24, 2.45) is 4.99 Å².